The molecule has 0 aromatic heterocycles. The maximum Gasteiger partial charge on any atom is 0.338 e. The summed E-state index contributed by atoms with van der Waals surface area (Å²) in [5, 5.41) is 5.09. The largest absolute Gasteiger partial charge is 0.463 e. The van der Waals surface area contributed by atoms with Gasteiger partial charge in [0.1, 0.15) is 6.61 Å². The van der Waals surface area contributed by atoms with Crippen LogP contribution in [0.3, 0.4) is 0 Å². The minimum Gasteiger partial charge on any atom is -0.463 e. The topological polar surface area (TPSA) is 114 Å². The number of carbonyl (C=O) groups is 4. The normalized spacial score (nSPS) is 20.9. The summed E-state index contributed by atoms with van der Waals surface area (Å²) in [5.41, 5.74) is 2.29. The van der Waals surface area contributed by atoms with Gasteiger partial charge in [-0.2, -0.15) is 0 Å². The molecule has 31 heavy (non-hydrogen) atoms. The number of benzene rings is 1. The van der Waals surface area contributed by atoms with Gasteiger partial charge in [-0.3, -0.25) is 9.59 Å². The minimum atomic E-state index is -0.625. The molecule has 1 saturated heterocycles. The Hall–Kier alpha value is -3.36. The third-order valence-electron chi connectivity index (χ3n) is 5.34. The number of hydrogen-bond donors (Lipinski definition) is 2. The summed E-state index contributed by atoms with van der Waals surface area (Å²) in [6.45, 7) is 5.48. The maximum atomic E-state index is 12.6. The fourth-order valence-corrected chi connectivity index (χ4v) is 3.68. The lowest BCUT2D eigenvalue weighted by molar-refractivity contribution is -0.147. The van der Waals surface area contributed by atoms with Crippen LogP contribution >= 0.6 is 0 Å². The van der Waals surface area contributed by atoms with Gasteiger partial charge in [-0.1, -0.05) is 19.1 Å². The first kappa shape index (κ1) is 22.3. The molecule has 3 rings (SSSR count). The first-order valence-corrected chi connectivity index (χ1v) is 10.4. The number of rotatable bonds is 7. The van der Waals surface area contributed by atoms with E-state index < -0.39 is 29.9 Å². The number of nitrogens with one attached hydrogen (secondary N) is 2. The van der Waals surface area contributed by atoms with Crippen molar-refractivity contribution in [3.8, 4) is 0 Å². The van der Waals surface area contributed by atoms with Gasteiger partial charge >= 0.3 is 18.0 Å². The number of anilines is 1. The van der Waals surface area contributed by atoms with E-state index in [1.807, 2.05) is 24.3 Å². The molecule has 0 radical (unpaired) electrons. The highest BCUT2D eigenvalue weighted by atomic mass is 16.5. The van der Waals surface area contributed by atoms with E-state index >= 15 is 0 Å². The lowest BCUT2D eigenvalue weighted by atomic mass is 10.0. The summed E-state index contributed by atoms with van der Waals surface area (Å²) in [7, 11) is 0. The molecule has 1 fully saturated rings. The van der Waals surface area contributed by atoms with Crippen molar-refractivity contribution in [2.75, 3.05) is 24.7 Å². The van der Waals surface area contributed by atoms with Crippen LogP contribution in [-0.2, 0) is 30.3 Å². The zero-order valence-corrected chi connectivity index (χ0v) is 17.9. The summed E-state index contributed by atoms with van der Waals surface area (Å²) in [6.07, 6.45) is 0.944. The Labute approximate surface area is 180 Å². The number of ether oxygens (including phenoxy) is 2. The Bertz CT molecular complexity index is 908. The molecule has 0 unspecified atom stereocenters. The third-order valence-corrected chi connectivity index (χ3v) is 5.34. The van der Waals surface area contributed by atoms with Crippen molar-refractivity contribution < 1.29 is 28.7 Å². The number of aryl methyl sites for hydroxylation is 1. The van der Waals surface area contributed by atoms with Gasteiger partial charge in [-0.15, -0.1) is 0 Å². The lowest BCUT2D eigenvalue weighted by Crippen LogP contribution is -2.50. The third kappa shape index (κ3) is 5.04. The summed E-state index contributed by atoms with van der Waals surface area (Å²) in [4.78, 5) is 50.7. The van der Waals surface area contributed by atoms with E-state index in [4.69, 9.17) is 9.47 Å². The van der Waals surface area contributed by atoms with Crippen LogP contribution in [0.4, 0.5) is 10.5 Å². The number of hydrogen-bond acceptors (Lipinski definition) is 6. The summed E-state index contributed by atoms with van der Waals surface area (Å²) in [6, 6.07) is 6.57. The Morgan fingerprint density at radius 3 is 2.48 bits per heavy atom. The van der Waals surface area contributed by atoms with Crippen molar-refractivity contribution in [1.29, 1.82) is 0 Å². The Kier molecular flexibility index (Phi) is 6.94. The molecule has 0 bridgehead atoms. The van der Waals surface area contributed by atoms with E-state index in [2.05, 4.69) is 17.6 Å². The predicted molar refractivity (Wildman–Crippen MR) is 112 cm³/mol. The molecule has 0 spiro atoms. The first-order valence-electron chi connectivity index (χ1n) is 10.4. The summed E-state index contributed by atoms with van der Waals surface area (Å²) < 4.78 is 10.4. The van der Waals surface area contributed by atoms with Gasteiger partial charge in [0.05, 0.1) is 29.8 Å². The number of nitrogens with zero attached hydrogens (tertiary/aromatic N) is 1. The highest BCUT2D eigenvalue weighted by molar-refractivity contribution is 5.99. The monoisotopic (exact) mass is 429 g/mol. The molecule has 2 atom stereocenters. The molecule has 1 aromatic carbocycles. The molecular formula is C22H27N3O6. The second-order valence-electron chi connectivity index (χ2n) is 7.47. The maximum absolute atomic E-state index is 12.6. The minimum absolute atomic E-state index is 0.0441. The number of carbonyl (C=O) groups excluding carboxylic acids is 4. The van der Waals surface area contributed by atoms with Gasteiger partial charge in [0, 0.05) is 18.7 Å². The van der Waals surface area contributed by atoms with Crippen molar-refractivity contribution in [3.05, 3.63) is 41.1 Å². The number of urea groups is 1. The SMILES string of the molecule is CCOC(=O)C1=C(COC(=O)[C@H]2CC(=O)N(c3ccc(CC)cc3)C2)NC(=O)N[C@H]1C. The fourth-order valence-electron chi connectivity index (χ4n) is 3.68. The average Bonchev–Trinajstić information content (AvgIpc) is 3.13. The van der Waals surface area contributed by atoms with E-state index in [-0.39, 0.29) is 43.4 Å². The van der Waals surface area contributed by atoms with Gasteiger partial charge in [0.2, 0.25) is 5.91 Å². The van der Waals surface area contributed by atoms with Gasteiger partial charge in [-0.25, -0.2) is 9.59 Å². The molecule has 2 aliphatic heterocycles. The van der Waals surface area contributed by atoms with Crippen LogP contribution in [0.5, 0.6) is 0 Å². The molecule has 1 aromatic rings. The molecule has 3 amide bonds. The van der Waals surface area contributed by atoms with E-state index in [0.717, 1.165) is 17.7 Å². The molecule has 2 N–H and O–H groups in total. The standard InChI is InChI=1S/C22H27N3O6/c1-4-14-6-8-16(9-7-14)25-11-15(10-18(25)26)20(27)31-12-17-19(21(28)30-5-2)13(3)23-22(29)24-17/h6-9,13,15H,4-5,10-12H2,1-3H3,(H2,23,24,29)/t13-,15-/m0/s1. The summed E-state index contributed by atoms with van der Waals surface area (Å²) >= 11 is 0. The zero-order chi connectivity index (χ0) is 22.5. The molecule has 0 saturated carbocycles. The molecule has 2 heterocycles. The van der Waals surface area contributed by atoms with Crippen LogP contribution in [-0.4, -0.2) is 49.7 Å². The van der Waals surface area contributed by atoms with Crippen LogP contribution in [0.15, 0.2) is 35.5 Å². The Morgan fingerprint density at radius 2 is 1.84 bits per heavy atom. The van der Waals surface area contributed by atoms with E-state index in [0.29, 0.717) is 0 Å². The van der Waals surface area contributed by atoms with Crippen molar-refractivity contribution in [2.24, 2.45) is 5.92 Å². The van der Waals surface area contributed by atoms with Crippen molar-refractivity contribution in [1.82, 2.24) is 10.6 Å². The average molecular weight is 429 g/mol. The van der Waals surface area contributed by atoms with Crippen LogP contribution in [0, 0.1) is 5.92 Å². The van der Waals surface area contributed by atoms with E-state index in [9.17, 15) is 19.2 Å². The lowest BCUT2D eigenvalue weighted by Gasteiger charge is -2.26. The van der Waals surface area contributed by atoms with Gasteiger partial charge < -0.3 is 25.0 Å². The van der Waals surface area contributed by atoms with Gasteiger partial charge in [0.25, 0.3) is 0 Å². The Morgan fingerprint density at radius 1 is 1.13 bits per heavy atom. The van der Waals surface area contributed by atoms with E-state index in [1.54, 1.807) is 18.7 Å². The fraction of sp³-hybridized carbons (Fsp3) is 0.455. The van der Waals surface area contributed by atoms with Crippen LogP contribution in [0.2, 0.25) is 0 Å². The number of esters is 2. The van der Waals surface area contributed by atoms with Crippen LogP contribution < -0.4 is 15.5 Å². The van der Waals surface area contributed by atoms with Gasteiger partial charge in [-0.05, 0) is 38.0 Å². The van der Waals surface area contributed by atoms with Crippen molar-refractivity contribution >= 4 is 29.6 Å². The highest BCUT2D eigenvalue weighted by Gasteiger charge is 2.37. The summed E-state index contributed by atoms with van der Waals surface area (Å²) in [5.74, 6) is -1.93. The number of amides is 3. The van der Waals surface area contributed by atoms with Crippen molar-refractivity contribution in [2.45, 2.75) is 39.7 Å². The second kappa shape index (κ2) is 9.63. The smallest absolute Gasteiger partial charge is 0.338 e. The molecule has 9 heteroatoms. The molecule has 2 aliphatic rings. The highest BCUT2D eigenvalue weighted by Crippen LogP contribution is 2.26. The molecule has 9 nitrogen and oxygen atoms in total. The predicted octanol–water partition coefficient (Wildman–Crippen LogP) is 1.66. The van der Waals surface area contributed by atoms with E-state index in [1.165, 1.54) is 0 Å². The van der Waals surface area contributed by atoms with Crippen molar-refractivity contribution in [3.63, 3.8) is 0 Å². The molecular weight excluding hydrogens is 402 g/mol. The molecule has 0 aliphatic carbocycles. The first-order chi connectivity index (χ1) is 14.8. The molecule has 166 valence electrons. The quantitative estimate of drug-likeness (QED) is 0.638. The Balaban J connectivity index is 1.66. The van der Waals surface area contributed by atoms with Crippen LogP contribution in [0.25, 0.3) is 0 Å². The van der Waals surface area contributed by atoms with Crippen LogP contribution in [0.1, 0.15) is 32.8 Å². The zero-order valence-electron chi connectivity index (χ0n) is 17.9. The second-order valence-corrected chi connectivity index (χ2v) is 7.47. The van der Waals surface area contributed by atoms with Gasteiger partial charge in [0.15, 0.2) is 0 Å².